The van der Waals surface area contributed by atoms with E-state index in [4.69, 9.17) is 16.3 Å². The highest BCUT2D eigenvalue weighted by atomic mass is 79.9. The predicted octanol–water partition coefficient (Wildman–Crippen LogP) is 3.32. The van der Waals surface area contributed by atoms with E-state index in [1.165, 1.54) is 0 Å². The zero-order chi connectivity index (χ0) is 14.5. The quantitative estimate of drug-likeness (QED) is 0.817. The third-order valence-electron chi connectivity index (χ3n) is 2.51. The molecule has 106 valence electrons. The first-order valence-corrected chi connectivity index (χ1v) is 7.24. The number of aromatic nitrogens is 4. The van der Waals surface area contributed by atoms with Gasteiger partial charge in [-0.1, -0.05) is 0 Å². The smallest absolute Gasteiger partial charge is 0.328 e. The SMILES string of the molecule is CCN(CC)c1nc(Cl)nc(Oc2cncc(Br)c2)n1. The fourth-order valence-corrected chi connectivity index (χ4v) is 2.06. The molecule has 0 N–H and O–H groups in total. The van der Waals surface area contributed by atoms with Crippen molar-refractivity contribution >= 4 is 33.5 Å². The van der Waals surface area contributed by atoms with E-state index >= 15 is 0 Å². The predicted molar refractivity (Wildman–Crippen MR) is 80.4 cm³/mol. The number of halogens is 2. The number of rotatable bonds is 5. The van der Waals surface area contributed by atoms with Gasteiger partial charge in [0.2, 0.25) is 11.2 Å². The summed E-state index contributed by atoms with van der Waals surface area (Å²) in [7, 11) is 0. The van der Waals surface area contributed by atoms with E-state index in [9.17, 15) is 0 Å². The van der Waals surface area contributed by atoms with E-state index < -0.39 is 0 Å². The summed E-state index contributed by atoms with van der Waals surface area (Å²) in [6.07, 6.45) is 3.23. The zero-order valence-electron chi connectivity index (χ0n) is 11.0. The maximum atomic E-state index is 5.91. The van der Waals surface area contributed by atoms with Gasteiger partial charge in [0.05, 0.1) is 6.20 Å². The van der Waals surface area contributed by atoms with Crippen molar-refractivity contribution in [3.63, 3.8) is 0 Å². The van der Waals surface area contributed by atoms with Gasteiger partial charge in [0.1, 0.15) is 0 Å². The van der Waals surface area contributed by atoms with E-state index in [0.29, 0.717) is 11.7 Å². The third-order valence-corrected chi connectivity index (χ3v) is 3.11. The van der Waals surface area contributed by atoms with Crippen molar-refractivity contribution in [2.24, 2.45) is 0 Å². The lowest BCUT2D eigenvalue weighted by Gasteiger charge is -2.18. The van der Waals surface area contributed by atoms with Crippen LogP contribution in [0.15, 0.2) is 22.9 Å². The lowest BCUT2D eigenvalue weighted by Crippen LogP contribution is -2.24. The van der Waals surface area contributed by atoms with Crippen molar-refractivity contribution in [1.82, 2.24) is 19.9 Å². The molecule has 0 radical (unpaired) electrons. The molecule has 0 amide bonds. The Hall–Kier alpha value is -1.47. The number of hydrogen-bond acceptors (Lipinski definition) is 6. The van der Waals surface area contributed by atoms with Gasteiger partial charge in [-0.25, -0.2) is 0 Å². The zero-order valence-corrected chi connectivity index (χ0v) is 13.4. The summed E-state index contributed by atoms with van der Waals surface area (Å²) in [5.74, 6) is 1.01. The highest BCUT2D eigenvalue weighted by Crippen LogP contribution is 2.22. The van der Waals surface area contributed by atoms with Gasteiger partial charge in [0.25, 0.3) is 0 Å². The Labute approximate surface area is 130 Å². The van der Waals surface area contributed by atoms with Crippen LogP contribution in [0.2, 0.25) is 5.28 Å². The fourth-order valence-electron chi connectivity index (χ4n) is 1.57. The molecule has 0 atom stereocenters. The molecule has 0 fully saturated rings. The van der Waals surface area contributed by atoms with Crippen molar-refractivity contribution in [2.45, 2.75) is 13.8 Å². The van der Waals surface area contributed by atoms with Crippen molar-refractivity contribution in [3.05, 3.63) is 28.2 Å². The summed E-state index contributed by atoms with van der Waals surface area (Å²) in [6, 6.07) is 1.91. The summed E-state index contributed by atoms with van der Waals surface area (Å²) >= 11 is 9.23. The Kier molecular flexibility index (Phi) is 5.08. The van der Waals surface area contributed by atoms with Crippen molar-refractivity contribution in [3.8, 4) is 11.8 Å². The highest BCUT2D eigenvalue weighted by Gasteiger charge is 2.11. The molecule has 2 rings (SSSR count). The molecule has 0 aliphatic carbocycles. The average molecular weight is 359 g/mol. The Morgan fingerprint density at radius 3 is 2.60 bits per heavy atom. The molecule has 0 saturated carbocycles. The van der Waals surface area contributed by atoms with Crippen LogP contribution in [0.5, 0.6) is 11.8 Å². The van der Waals surface area contributed by atoms with Gasteiger partial charge >= 0.3 is 6.01 Å². The molecule has 0 bridgehead atoms. The molecule has 2 aromatic heterocycles. The Bertz CT molecular complexity index is 594. The minimum absolute atomic E-state index is 0.0971. The molecule has 8 heteroatoms. The lowest BCUT2D eigenvalue weighted by atomic mass is 10.5. The maximum Gasteiger partial charge on any atom is 0.328 e. The van der Waals surface area contributed by atoms with Gasteiger partial charge in [0, 0.05) is 23.8 Å². The van der Waals surface area contributed by atoms with Crippen LogP contribution in [0.25, 0.3) is 0 Å². The largest absolute Gasteiger partial charge is 0.422 e. The summed E-state index contributed by atoms with van der Waals surface area (Å²) in [6.45, 7) is 5.57. The number of nitrogens with zero attached hydrogens (tertiary/aromatic N) is 5. The third kappa shape index (κ3) is 3.77. The van der Waals surface area contributed by atoms with Crippen molar-refractivity contribution < 1.29 is 4.74 Å². The first kappa shape index (κ1) is 14.9. The van der Waals surface area contributed by atoms with Gasteiger partial charge < -0.3 is 9.64 Å². The molecular formula is C12H13BrClN5O. The van der Waals surface area contributed by atoms with Crippen LogP contribution in [-0.4, -0.2) is 33.0 Å². The first-order chi connectivity index (χ1) is 9.62. The van der Waals surface area contributed by atoms with Crippen LogP contribution in [0.3, 0.4) is 0 Å². The van der Waals surface area contributed by atoms with Crippen LogP contribution in [0.1, 0.15) is 13.8 Å². The van der Waals surface area contributed by atoms with E-state index in [0.717, 1.165) is 17.6 Å². The second-order valence-electron chi connectivity index (χ2n) is 3.80. The van der Waals surface area contributed by atoms with Crippen LogP contribution >= 0.6 is 27.5 Å². The molecule has 20 heavy (non-hydrogen) atoms. The molecule has 0 aliphatic heterocycles. The summed E-state index contributed by atoms with van der Waals surface area (Å²) in [4.78, 5) is 18.3. The second kappa shape index (κ2) is 6.81. The monoisotopic (exact) mass is 357 g/mol. The molecule has 2 aromatic rings. The Morgan fingerprint density at radius 2 is 1.95 bits per heavy atom. The van der Waals surface area contributed by atoms with Crippen molar-refractivity contribution in [1.29, 1.82) is 0 Å². The second-order valence-corrected chi connectivity index (χ2v) is 5.05. The van der Waals surface area contributed by atoms with Gasteiger partial charge in [-0.3, -0.25) is 4.98 Å². The molecule has 0 aromatic carbocycles. The standard InChI is InChI=1S/C12H13BrClN5O/c1-3-19(4-2)11-16-10(14)17-12(18-11)20-9-5-8(13)6-15-7-9/h5-7H,3-4H2,1-2H3. The van der Waals surface area contributed by atoms with Crippen LogP contribution in [0.4, 0.5) is 5.95 Å². The molecule has 2 heterocycles. The van der Waals surface area contributed by atoms with Gasteiger partial charge in [-0.2, -0.15) is 15.0 Å². The molecule has 0 aliphatic rings. The molecule has 0 unspecified atom stereocenters. The van der Waals surface area contributed by atoms with Gasteiger partial charge in [-0.15, -0.1) is 0 Å². The van der Waals surface area contributed by atoms with Crippen molar-refractivity contribution in [2.75, 3.05) is 18.0 Å². The number of pyridine rings is 1. The number of anilines is 1. The van der Waals surface area contributed by atoms with E-state index in [1.807, 2.05) is 18.7 Å². The molecular weight excluding hydrogens is 346 g/mol. The first-order valence-electron chi connectivity index (χ1n) is 6.07. The van der Waals surface area contributed by atoms with E-state index in [-0.39, 0.29) is 11.3 Å². The summed E-state index contributed by atoms with van der Waals surface area (Å²) in [5, 5.41) is 0.0971. The molecule has 0 spiro atoms. The average Bonchev–Trinajstić information content (AvgIpc) is 2.39. The lowest BCUT2D eigenvalue weighted by molar-refractivity contribution is 0.437. The van der Waals surface area contributed by atoms with Crippen LogP contribution in [-0.2, 0) is 0 Å². The van der Waals surface area contributed by atoms with Gasteiger partial charge in [0.15, 0.2) is 5.75 Å². The summed E-state index contributed by atoms with van der Waals surface area (Å²) in [5.41, 5.74) is 0. The minimum atomic E-state index is 0.0971. The maximum absolute atomic E-state index is 5.91. The topological polar surface area (TPSA) is 64.0 Å². The summed E-state index contributed by atoms with van der Waals surface area (Å²) < 4.78 is 6.36. The Balaban J connectivity index is 2.28. The van der Waals surface area contributed by atoms with E-state index in [1.54, 1.807) is 18.5 Å². The normalized spacial score (nSPS) is 10.4. The van der Waals surface area contributed by atoms with Crippen LogP contribution < -0.4 is 9.64 Å². The van der Waals surface area contributed by atoms with Gasteiger partial charge in [-0.05, 0) is 47.4 Å². The Morgan fingerprint density at radius 1 is 1.20 bits per heavy atom. The molecule has 6 nitrogen and oxygen atoms in total. The van der Waals surface area contributed by atoms with Crippen LogP contribution in [0, 0.1) is 0 Å². The molecule has 0 saturated heterocycles. The number of hydrogen-bond donors (Lipinski definition) is 0. The van der Waals surface area contributed by atoms with E-state index in [2.05, 4.69) is 35.9 Å². The minimum Gasteiger partial charge on any atom is -0.422 e. The fraction of sp³-hybridized carbons (Fsp3) is 0.333. The number of ether oxygens (including phenoxy) is 1. The highest BCUT2D eigenvalue weighted by molar-refractivity contribution is 9.10.